The Balaban J connectivity index is 1.41. The molecule has 1 saturated carbocycles. The predicted octanol–water partition coefficient (Wildman–Crippen LogP) is 1.37. The van der Waals surface area contributed by atoms with Gasteiger partial charge >= 0.3 is 5.69 Å². The van der Waals surface area contributed by atoms with Gasteiger partial charge in [-0.25, -0.2) is 15.6 Å². The second kappa shape index (κ2) is 7.36. The summed E-state index contributed by atoms with van der Waals surface area (Å²) in [5.74, 6) is 0.534. The first-order chi connectivity index (χ1) is 14.1. The molecule has 5 rings (SSSR count). The van der Waals surface area contributed by atoms with Crippen LogP contribution in [0.3, 0.4) is 0 Å². The van der Waals surface area contributed by atoms with E-state index >= 15 is 0 Å². The number of rotatable bonds is 5. The number of hydrogen-bond acceptors (Lipinski definition) is 6. The van der Waals surface area contributed by atoms with Crippen molar-refractivity contribution in [3.8, 4) is 0 Å². The zero-order valence-corrected chi connectivity index (χ0v) is 16.8. The number of nitrogens with zero attached hydrogens (tertiary/aromatic N) is 3. The highest BCUT2D eigenvalue weighted by Crippen LogP contribution is 2.49. The lowest BCUT2D eigenvalue weighted by atomic mass is 9.64. The summed E-state index contributed by atoms with van der Waals surface area (Å²) in [5.41, 5.74) is 7.98. The molecule has 3 unspecified atom stereocenters. The second-order valence-electron chi connectivity index (χ2n) is 8.98. The van der Waals surface area contributed by atoms with E-state index in [0.29, 0.717) is 23.2 Å². The minimum atomic E-state index is -0.0466. The molecule has 29 heavy (non-hydrogen) atoms. The molecule has 0 aromatic carbocycles. The normalized spacial score (nSPS) is 29.8. The topological polar surface area (TPSA) is 80.0 Å². The quantitative estimate of drug-likeness (QED) is 0.740. The number of nitrogens with one attached hydrogen (secondary N) is 2. The number of hydrogen-bond donors (Lipinski definition) is 2. The molecule has 0 spiro atoms. The van der Waals surface area contributed by atoms with Gasteiger partial charge in [-0.15, -0.1) is 0 Å². The molecule has 2 aromatic heterocycles. The fourth-order valence-electron chi connectivity index (χ4n) is 5.47. The molecule has 0 amide bonds. The Morgan fingerprint density at radius 1 is 1.34 bits per heavy atom. The molecule has 3 aliphatic rings. The van der Waals surface area contributed by atoms with Gasteiger partial charge in [0.15, 0.2) is 6.29 Å². The molecule has 2 N–H and O–H groups in total. The zero-order valence-electron chi connectivity index (χ0n) is 16.8. The monoisotopic (exact) mass is 399 g/mol. The number of ether oxygens (including phenoxy) is 1. The summed E-state index contributed by atoms with van der Waals surface area (Å²) in [6, 6.07) is 3.69. The van der Waals surface area contributed by atoms with Gasteiger partial charge in [0.1, 0.15) is 0 Å². The van der Waals surface area contributed by atoms with Crippen molar-refractivity contribution in [1.82, 2.24) is 24.7 Å². The third-order valence-corrected chi connectivity index (χ3v) is 7.30. The first-order valence-corrected chi connectivity index (χ1v) is 10.5. The summed E-state index contributed by atoms with van der Waals surface area (Å²) in [5, 5.41) is 0. The molecule has 1 aliphatic carbocycles. The maximum absolute atomic E-state index is 13.0. The van der Waals surface area contributed by atoms with Crippen LogP contribution in [-0.4, -0.2) is 53.2 Å². The standard InChI is InChI=1S/C21H29N5O3/c1-24-14-22-23-19(24)9-21(12-29-13-21)16-5-2-6-17(8-16)26-10-18-15(11-27)4-3-7-25(18)20(26)28/h3-4,7,10-11,16-17,19,22-23H,2,5-6,8-9,12-14H2,1H3. The number of hydrazine groups is 1. The van der Waals surface area contributed by atoms with E-state index in [2.05, 4.69) is 22.8 Å². The van der Waals surface area contributed by atoms with Gasteiger partial charge < -0.3 is 4.74 Å². The van der Waals surface area contributed by atoms with Crippen LogP contribution < -0.4 is 16.5 Å². The fraction of sp³-hybridized carbons (Fsp3) is 0.619. The van der Waals surface area contributed by atoms with Crippen molar-refractivity contribution in [2.75, 3.05) is 26.9 Å². The SMILES string of the molecule is CN1CNNC1CC1(C2CCCC(n3cc4c(C=O)cccn4c3=O)C2)COC1. The molecule has 3 fully saturated rings. The van der Waals surface area contributed by atoms with E-state index in [4.69, 9.17) is 4.74 Å². The van der Waals surface area contributed by atoms with Gasteiger partial charge in [0.25, 0.3) is 0 Å². The molecule has 2 aliphatic heterocycles. The van der Waals surface area contributed by atoms with Crippen LogP contribution in [0.25, 0.3) is 5.52 Å². The average molecular weight is 399 g/mol. The highest BCUT2D eigenvalue weighted by atomic mass is 16.5. The summed E-state index contributed by atoms with van der Waals surface area (Å²) < 4.78 is 9.16. The van der Waals surface area contributed by atoms with Crippen molar-refractivity contribution >= 4 is 11.8 Å². The van der Waals surface area contributed by atoms with Crippen LogP contribution in [0.15, 0.2) is 29.3 Å². The maximum Gasteiger partial charge on any atom is 0.333 e. The van der Waals surface area contributed by atoms with Gasteiger partial charge in [-0.3, -0.25) is 18.7 Å². The van der Waals surface area contributed by atoms with Gasteiger partial charge in [-0.05, 0) is 50.8 Å². The molecule has 0 bridgehead atoms. The molecule has 156 valence electrons. The second-order valence-corrected chi connectivity index (χ2v) is 8.98. The molecule has 0 radical (unpaired) electrons. The van der Waals surface area contributed by atoms with Crippen LogP contribution in [0.2, 0.25) is 0 Å². The molecule has 2 aromatic rings. The van der Waals surface area contributed by atoms with Gasteiger partial charge in [-0.1, -0.05) is 6.42 Å². The number of fused-ring (bicyclic) bond motifs is 1. The lowest BCUT2D eigenvalue weighted by molar-refractivity contribution is -0.167. The Bertz CT molecular complexity index is 963. The first kappa shape index (κ1) is 19.0. The lowest BCUT2D eigenvalue weighted by Gasteiger charge is -2.51. The predicted molar refractivity (Wildman–Crippen MR) is 109 cm³/mol. The number of carbonyl (C=O) groups is 1. The lowest BCUT2D eigenvalue weighted by Crippen LogP contribution is -2.54. The van der Waals surface area contributed by atoms with E-state index in [0.717, 1.165) is 51.9 Å². The Kier molecular flexibility index (Phi) is 4.82. The van der Waals surface area contributed by atoms with Crippen molar-refractivity contribution in [2.45, 2.75) is 44.3 Å². The van der Waals surface area contributed by atoms with Crippen molar-refractivity contribution in [2.24, 2.45) is 11.3 Å². The third-order valence-electron chi connectivity index (χ3n) is 7.30. The molecule has 8 heteroatoms. The van der Waals surface area contributed by atoms with Gasteiger partial charge in [-0.2, -0.15) is 0 Å². The largest absolute Gasteiger partial charge is 0.380 e. The minimum absolute atomic E-state index is 0.0466. The van der Waals surface area contributed by atoms with Gasteiger partial charge in [0.05, 0.1) is 31.6 Å². The smallest absolute Gasteiger partial charge is 0.333 e. The van der Waals surface area contributed by atoms with Crippen LogP contribution >= 0.6 is 0 Å². The van der Waals surface area contributed by atoms with Crippen LogP contribution in [-0.2, 0) is 4.74 Å². The summed E-state index contributed by atoms with van der Waals surface area (Å²) in [6.07, 6.45) is 10.1. The van der Waals surface area contributed by atoms with E-state index < -0.39 is 0 Å². The van der Waals surface area contributed by atoms with Crippen LogP contribution in [0.5, 0.6) is 0 Å². The zero-order chi connectivity index (χ0) is 20.0. The maximum atomic E-state index is 13.0. The Hall–Kier alpha value is -2.00. The minimum Gasteiger partial charge on any atom is -0.380 e. The average Bonchev–Trinajstić information content (AvgIpc) is 3.27. The van der Waals surface area contributed by atoms with Crippen LogP contribution in [0.4, 0.5) is 0 Å². The van der Waals surface area contributed by atoms with E-state index in [-0.39, 0.29) is 17.1 Å². The molecular weight excluding hydrogens is 370 g/mol. The van der Waals surface area contributed by atoms with E-state index in [9.17, 15) is 9.59 Å². The van der Waals surface area contributed by atoms with E-state index in [1.165, 1.54) is 6.42 Å². The molecule has 4 heterocycles. The molecule has 2 saturated heterocycles. The Morgan fingerprint density at radius 2 is 2.21 bits per heavy atom. The fourth-order valence-corrected chi connectivity index (χ4v) is 5.47. The summed E-state index contributed by atoms with van der Waals surface area (Å²) in [7, 11) is 2.13. The number of pyridine rings is 1. The summed E-state index contributed by atoms with van der Waals surface area (Å²) in [6.45, 7) is 2.46. The third kappa shape index (κ3) is 3.15. The van der Waals surface area contributed by atoms with Gasteiger partial charge in [0.2, 0.25) is 0 Å². The van der Waals surface area contributed by atoms with Gasteiger partial charge in [0, 0.05) is 29.4 Å². The van der Waals surface area contributed by atoms with Crippen LogP contribution in [0.1, 0.15) is 48.5 Å². The first-order valence-electron chi connectivity index (χ1n) is 10.5. The summed E-state index contributed by atoms with van der Waals surface area (Å²) in [4.78, 5) is 26.7. The van der Waals surface area contributed by atoms with Crippen molar-refractivity contribution in [3.63, 3.8) is 0 Å². The Labute approximate surface area is 169 Å². The Morgan fingerprint density at radius 3 is 2.90 bits per heavy atom. The van der Waals surface area contributed by atoms with Crippen molar-refractivity contribution < 1.29 is 9.53 Å². The van der Waals surface area contributed by atoms with Crippen LogP contribution in [0, 0.1) is 11.3 Å². The van der Waals surface area contributed by atoms with E-state index in [1.807, 2.05) is 10.8 Å². The highest BCUT2D eigenvalue weighted by Gasteiger charge is 2.49. The molecular formula is C21H29N5O3. The molecule has 8 nitrogen and oxygen atoms in total. The number of imidazole rings is 1. The molecule has 3 atom stereocenters. The van der Waals surface area contributed by atoms with Crippen molar-refractivity contribution in [1.29, 1.82) is 0 Å². The van der Waals surface area contributed by atoms with E-state index in [1.54, 1.807) is 22.7 Å². The van der Waals surface area contributed by atoms with Crippen molar-refractivity contribution in [3.05, 3.63) is 40.6 Å². The number of aromatic nitrogens is 2. The number of carbonyl (C=O) groups excluding carboxylic acids is 1. The highest BCUT2D eigenvalue weighted by molar-refractivity contribution is 5.85. The summed E-state index contributed by atoms with van der Waals surface area (Å²) >= 11 is 0. The number of aldehydes is 1.